The lowest BCUT2D eigenvalue weighted by Gasteiger charge is -2.30. The fourth-order valence-electron chi connectivity index (χ4n) is 2.58. The van der Waals surface area contributed by atoms with Crippen LogP contribution in [0.25, 0.3) is 0 Å². The van der Waals surface area contributed by atoms with Crippen molar-refractivity contribution in [3.05, 3.63) is 58.1 Å². The van der Waals surface area contributed by atoms with Crippen LogP contribution in [0.4, 0.5) is 11.4 Å². The molecule has 2 amide bonds. The first-order chi connectivity index (χ1) is 13.8. The fourth-order valence-corrected chi connectivity index (χ4v) is 3.19. The molecule has 2 aromatic rings. The summed E-state index contributed by atoms with van der Waals surface area (Å²) in [4.78, 5) is 42.3. The number of hydrogen-bond donors (Lipinski definition) is 1. The van der Waals surface area contributed by atoms with Gasteiger partial charge >= 0.3 is 5.97 Å². The molecule has 1 aliphatic rings. The topological polar surface area (TPSA) is 88.1 Å². The Morgan fingerprint density at radius 1 is 1.21 bits per heavy atom. The van der Waals surface area contributed by atoms with Crippen LogP contribution in [-0.4, -0.2) is 36.2 Å². The van der Waals surface area contributed by atoms with Crippen molar-refractivity contribution in [1.82, 2.24) is 5.32 Å². The monoisotopic (exact) mass is 449 g/mol. The van der Waals surface area contributed by atoms with Gasteiger partial charge in [0.2, 0.25) is 5.91 Å². The summed E-state index contributed by atoms with van der Waals surface area (Å²) >= 11 is 17.0. The molecule has 2 aromatic carbocycles. The minimum absolute atomic E-state index is 0.0357. The van der Waals surface area contributed by atoms with Gasteiger partial charge in [0.15, 0.2) is 11.0 Å². The molecule has 0 spiro atoms. The molecular weight excluding hydrogens is 437 g/mol. The third-order valence-corrected chi connectivity index (χ3v) is 4.88. The molecule has 0 aromatic heterocycles. The van der Waals surface area contributed by atoms with E-state index in [1.807, 2.05) is 0 Å². The molecule has 0 aliphatic carbocycles. The van der Waals surface area contributed by atoms with Crippen molar-refractivity contribution in [2.24, 2.45) is 10.9 Å². The first-order valence-corrected chi connectivity index (χ1v) is 9.34. The molecule has 0 bridgehead atoms. The molecule has 148 valence electrons. The van der Waals surface area contributed by atoms with E-state index in [9.17, 15) is 14.4 Å². The normalized spacial score (nSPS) is 16.9. The molecule has 1 N–H and O–H groups in total. The Morgan fingerprint density at radius 3 is 2.55 bits per heavy atom. The molecule has 3 rings (SSSR count). The van der Waals surface area contributed by atoms with Crippen LogP contribution in [0.5, 0.6) is 0 Å². The summed E-state index contributed by atoms with van der Waals surface area (Å²) in [5, 5.41) is 3.14. The standard InChI is InChI=1S/C19H13Cl2N3O4S/c1-28-18(27)13-8-11(4-7-15(13)21)22-9-14-16(25)23-19(29)24(17(14)26)12-5-2-10(20)3-6-12/h2-9,14H,1H3,(H,23,25,29)/t14-/m1/s1. The maximum Gasteiger partial charge on any atom is 0.339 e. The first-order valence-electron chi connectivity index (χ1n) is 8.18. The maximum atomic E-state index is 12.9. The van der Waals surface area contributed by atoms with E-state index in [4.69, 9.17) is 35.4 Å². The number of carbonyl (C=O) groups is 3. The van der Waals surface area contributed by atoms with Crippen LogP contribution in [-0.2, 0) is 14.3 Å². The van der Waals surface area contributed by atoms with Crippen LogP contribution in [0.3, 0.4) is 0 Å². The van der Waals surface area contributed by atoms with Gasteiger partial charge in [-0.15, -0.1) is 0 Å². The highest BCUT2D eigenvalue weighted by Gasteiger charge is 2.38. The Labute approximate surface area is 181 Å². The number of rotatable bonds is 4. The third kappa shape index (κ3) is 4.45. The van der Waals surface area contributed by atoms with Gasteiger partial charge in [0.25, 0.3) is 5.91 Å². The van der Waals surface area contributed by atoms with Crippen molar-refractivity contribution in [2.75, 3.05) is 12.0 Å². The van der Waals surface area contributed by atoms with E-state index >= 15 is 0 Å². The van der Waals surface area contributed by atoms with Crippen LogP contribution >= 0.6 is 35.4 Å². The Balaban J connectivity index is 1.89. The van der Waals surface area contributed by atoms with Crippen LogP contribution in [0, 0.1) is 5.92 Å². The smallest absolute Gasteiger partial charge is 0.339 e. The van der Waals surface area contributed by atoms with E-state index in [1.54, 1.807) is 24.3 Å². The largest absolute Gasteiger partial charge is 0.465 e. The number of thiocarbonyl (C=S) groups is 1. The highest BCUT2D eigenvalue weighted by molar-refractivity contribution is 7.80. The lowest BCUT2D eigenvalue weighted by Crippen LogP contribution is -2.58. The van der Waals surface area contributed by atoms with Gasteiger partial charge in [-0.1, -0.05) is 23.2 Å². The Kier molecular flexibility index (Phi) is 6.26. The van der Waals surface area contributed by atoms with Crippen molar-refractivity contribution < 1.29 is 19.1 Å². The molecular formula is C19H13Cl2N3O4S. The number of nitrogens with zero attached hydrogens (tertiary/aromatic N) is 2. The maximum absolute atomic E-state index is 12.9. The average Bonchev–Trinajstić information content (AvgIpc) is 2.69. The van der Waals surface area contributed by atoms with Crippen molar-refractivity contribution in [3.63, 3.8) is 0 Å². The zero-order valence-corrected chi connectivity index (χ0v) is 17.2. The molecule has 0 unspecified atom stereocenters. The summed E-state index contributed by atoms with van der Waals surface area (Å²) in [5.74, 6) is -3.00. The summed E-state index contributed by atoms with van der Waals surface area (Å²) in [6.07, 6.45) is 1.19. The van der Waals surface area contributed by atoms with Crippen LogP contribution in [0.1, 0.15) is 10.4 Å². The van der Waals surface area contributed by atoms with Gasteiger partial charge in [0.1, 0.15) is 0 Å². The Morgan fingerprint density at radius 2 is 1.90 bits per heavy atom. The van der Waals surface area contributed by atoms with Crippen molar-refractivity contribution in [2.45, 2.75) is 0 Å². The number of nitrogens with one attached hydrogen (secondary N) is 1. The first kappa shape index (κ1) is 20.9. The second-order valence-electron chi connectivity index (χ2n) is 5.86. The minimum atomic E-state index is -1.21. The van der Waals surface area contributed by atoms with E-state index in [2.05, 4.69) is 15.0 Å². The predicted octanol–water partition coefficient (Wildman–Crippen LogP) is 3.55. The van der Waals surface area contributed by atoms with E-state index in [-0.39, 0.29) is 15.7 Å². The fraction of sp³-hybridized carbons (Fsp3) is 0.105. The van der Waals surface area contributed by atoms with Gasteiger partial charge in [-0.25, -0.2) is 4.79 Å². The van der Waals surface area contributed by atoms with Crippen LogP contribution in [0.2, 0.25) is 10.0 Å². The number of halogens is 2. The molecule has 0 radical (unpaired) electrons. The lowest BCUT2D eigenvalue weighted by molar-refractivity contribution is -0.130. The van der Waals surface area contributed by atoms with Crippen molar-refractivity contribution in [1.29, 1.82) is 0 Å². The van der Waals surface area contributed by atoms with E-state index < -0.39 is 23.7 Å². The molecule has 10 heteroatoms. The molecule has 29 heavy (non-hydrogen) atoms. The third-order valence-electron chi connectivity index (χ3n) is 4.01. The second kappa shape index (κ2) is 8.69. The van der Waals surface area contributed by atoms with E-state index in [0.717, 1.165) is 0 Å². The number of hydrogen-bond acceptors (Lipinski definition) is 6. The average molecular weight is 450 g/mol. The number of ether oxygens (including phenoxy) is 1. The predicted molar refractivity (Wildman–Crippen MR) is 114 cm³/mol. The van der Waals surface area contributed by atoms with Gasteiger partial charge < -0.3 is 10.1 Å². The summed E-state index contributed by atoms with van der Waals surface area (Å²) in [5.41, 5.74) is 0.899. The van der Waals surface area contributed by atoms with Gasteiger partial charge in [-0.3, -0.25) is 19.5 Å². The Bertz CT molecular complexity index is 1040. The summed E-state index contributed by atoms with van der Waals surface area (Å²) in [6, 6.07) is 10.8. The van der Waals surface area contributed by atoms with Crippen molar-refractivity contribution in [3.8, 4) is 0 Å². The quantitative estimate of drug-likeness (QED) is 0.333. The van der Waals surface area contributed by atoms with Crippen LogP contribution in [0.15, 0.2) is 47.5 Å². The minimum Gasteiger partial charge on any atom is -0.465 e. The molecule has 1 heterocycles. The SMILES string of the molecule is COC(=O)c1cc(N=C[C@@H]2C(=O)NC(=S)N(c3ccc(Cl)cc3)C2=O)ccc1Cl. The summed E-state index contributed by atoms with van der Waals surface area (Å²) < 4.78 is 4.66. The number of carbonyl (C=O) groups excluding carboxylic acids is 3. The highest BCUT2D eigenvalue weighted by Crippen LogP contribution is 2.25. The van der Waals surface area contributed by atoms with Gasteiger partial charge in [0, 0.05) is 11.2 Å². The molecule has 0 saturated carbocycles. The number of aliphatic imine (C=N–C) groups is 1. The van der Waals surface area contributed by atoms with Crippen LogP contribution < -0.4 is 10.2 Å². The zero-order chi connectivity index (χ0) is 21.1. The van der Waals surface area contributed by atoms with Gasteiger partial charge in [-0.05, 0) is 54.7 Å². The lowest BCUT2D eigenvalue weighted by atomic mass is 10.1. The highest BCUT2D eigenvalue weighted by atomic mass is 35.5. The Hall–Kier alpha value is -2.81. The van der Waals surface area contributed by atoms with E-state index in [0.29, 0.717) is 16.4 Å². The van der Waals surface area contributed by atoms with Gasteiger partial charge in [-0.2, -0.15) is 0 Å². The molecule has 1 atom stereocenters. The van der Waals surface area contributed by atoms with Crippen molar-refractivity contribution >= 4 is 75.9 Å². The molecule has 7 nitrogen and oxygen atoms in total. The number of anilines is 1. The number of amides is 2. The van der Waals surface area contributed by atoms with Gasteiger partial charge in [0.05, 0.1) is 29.1 Å². The molecule has 1 saturated heterocycles. The zero-order valence-electron chi connectivity index (χ0n) is 14.9. The summed E-state index contributed by atoms with van der Waals surface area (Å²) in [6.45, 7) is 0. The number of methoxy groups -OCH3 is 1. The summed E-state index contributed by atoms with van der Waals surface area (Å²) in [7, 11) is 1.23. The number of benzene rings is 2. The second-order valence-corrected chi connectivity index (χ2v) is 7.09. The molecule has 1 fully saturated rings. The number of esters is 1. The van der Waals surface area contributed by atoms with E-state index in [1.165, 1.54) is 36.4 Å². The molecule has 1 aliphatic heterocycles.